The van der Waals surface area contributed by atoms with Gasteiger partial charge < -0.3 is 4.90 Å². The van der Waals surface area contributed by atoms with E-state index in [1.165, 1.54) is 121 Å². The Kier molecular flexibility index (Phi) is 8.35. The van der Waals surface area contributed by atoms with Crippen LogP contribution in [0.15, 0.2) is 261 Å². The average molecular weight is 886 g/mol. The predicted octanol–water partition coefficient (Wildman–Crippen LogP) is 18.6. The largest absolute Gasteiger partial charge is 0.310 e. The zero-order valence-corrected chi connectivity index (χ0v) is 38.3. The molecule has 13 aromatic rings. The molecule has 324 valence electrons. The van der Waals surface area contributed by atoms with Crippen molar-refractivity contribution >= 4 is 70.9 Å². The lowest BCUT2D eigenvalue weighted by Gasteiger charge is -2.33. The van der Waals surface area contributed by atoms with E-state index in [1.54, 1.807) is 0 Å². The molecule has 15 rings (SSSR count). The van der Waals surface area contributed by atoms with E-state index in [4.69, 9.17) is 0 Å². The van der Waals surface area contributed by atoms with Crippen LogP contribution in [0.1, 0.15) is 22.3 Å². The van der Waals surface area contributed by atoms with Crippen molar-refractivity contribution in [3.05, 3.63) is 283 Å². The number of rotatable bonds is 5. The third-order valence-corrected chi connectivity index (χ3v) is 15.6. The molecule has 0 bridgehead atoms. The van der Waals surface area contributed by atoms with Crippen LogP contribution in [0.5, 0.6) is 0 Å². The second-order valence-corrected chi connectivity index (χ2v) is 19.1. The predicted molar refractivity (Wildman–Crippen MR) is 296 cm³/mol. The average Bonchev–Trinajstić information content (AvgIpc) is 3.90. The number of hydrogen-bond acceptors (Lipinski definition) is 1. The molecule has 1 heteroatoms. The van der Waals surface area contributed by atoms with Crippen LogP contribution in [0.4, 0.5) is 17.1 Å². The molecule has 0 amide bonds. The van der Waals surface area contributed by atoms with E-state index in [2.05, 4.69) is 266 Å². The minimum atomic E-state index is -0.501. The van der Waals surface area contributed by atoms with Gasteiger partial charge in [0, 0.05) is 16.9 Å². The van der Waals surface area contributed by atoms with Crippen molar-refractivity contribution in [2.75, 3.05) is 4.90 Å². The first-order valence-corrected chi connectivity index (χ1v) is 24.4. The van der Waals surface area contributed by atoms with Gasteiger partial charge >= 0.3 is 0 Å². The lowest BCUT2D eigenvalue weighted by Crippen LogP contribution is -2.26. The molecule has 0 heterocycles. The molecular formula is C69H43N. The van der Waals surface area contributed by atoms with E-state index in [-0.39, 0.29) is 0 Å². The quantitative estimate of drug-likeness (QED) is 0.156. The summed E-state index contributed by atoms with van der Waals surface area (Å²) in [5, 5.41) is 12.6. The van der Waals surface area contributed by atoms with Crippen LogP contribution >= 0.6 is 0 Å². The van der Waals surface area contributed by atoms with Crippen LogP contribution in [0, 0.1) is 0 Å². The van der Waals surface area contributed by atoms with Gasteiger partial charge in [0.15, 0.2) is 0 Å². The first kappa shape index (κ1) is 39.0. The van der Waals surface area contributed by atoms with Gasteiger partial charge in [-0.3, -0.25) is 0 Å². The molecule has 1 spiro atoms. The first-order chi connectivity index (χ1) is 34.7. The molecule has 0 N–H and O–H groups in total. The van der Waals surface area contributed by atoms with E-state index < -0.39 is 5.41 Å². The van der Waals surface area contributed by atoms with Crippen molar-refractivity contribution in [1.29, 1.82) is 0 Å². The fraction of sp³-hybridized carbons (Fsp3) is 0.0145. The fourth-order valence-corrected chi connectivity index (χ4v) is 12.6. The number of hydrogen-bond donors (Lipinski definition) is 0. The number of benzene rings is 13. The Morgan fingerprint density at radius 3 is 1.36 bits per heavy atom. The molecule has 2 aliphatic rings. The maximum Gasteiger partial charge on any atom is 0.0726 e. The van der Waals surface area contributed by atoms with Crippen LogP contribution < -0.4 is 4.90 Å². The van der Waals surface area contributed by atoms with Crippen molar-refractivity contribution < 1.29 is 0 Å². The Balaban J connectivity index is 1.01. The Morgan fingerprint density at radius 1 is 0.229 bits per heavy atom. The van der Waals surface area contributed by atoms with Gasteiger partial charge in [0.1, 0.15) is 0 Å². The van der Waals surface area contributed by atoms with Gasteiger partial charge in [-0.05, 0) is 158 Å². The summed E-state index contributed by atoms with van der Waals surface area (Å²) in [6, 6.07) is 97.7. The molecule has 0 radical (unpaired) electrons. The fourth-order valence-electron chi connectivity index (χ4n) is 12.6. The number of nitrogens with zero attached hydrogens (tertiary/aromatic N) is 1. The molecule has 0 saturated heterocycles. The zero-order valence-electron chi connectivity index (χ0n) is 38.3. The molecule has 0 aliphatic heterocycles. The number of fused-ring (bicyclic) bond motifs is 19. The summed E-state index contributed by atoms with van der Waals surface area (Å²) in [5.74, 6) is 0. The summed E-state index contributed by atoms with van der Waals surface area (Å²) in [6.07, 6.45) is 0. The minimum absolute atomic E-state index is 0.501. The van der Waals surface area contributed by atoms with Crippen LogP contribution in [0.25, 0.3) is 98.4 Å². The van der Waals surface area contributed by atoms with Gasteiger partial charge in [-0.15, -0.1) is 0 Å². The lowest BCUT2D eigenvalue weighted by atomic mass is 9.70. The van der Waals surface area contributed by atoms with Crippen molar-refractivity contribution in [3.8, 4) is 44.5 Å². The summed E-state index contributed by atoms with van der Waals surface area (Å²) >= 11 is 0. The second-order valence-electron chi connectivity index (χ2n) is 19.1. The van der Waals surface area contributed by atoms with Gasteiger partial charge in [-0.1, -0.05) is 218 Å². The van der Waals surface area contributed by atoms with Crippen LogP contribution in [0.2, 0.25) is 0 Å². The Hall–Kier alpha value is -9.04. The third-order valence-electron chi connectivity index (χ3n) is 15.6. The van der Waals surface area contributed by atoms with Crippen molar-refractivity contribution in [1.82, 2.24) is 0 Å². The molecular weight excluding hydrogens is 843 g/mol. The van der Waals surface area contributed by atoms with Crippen LogP contribution in [-0.4, -0.2) is 0 Å². The monoisotopic (exact) mass is 885 g/mol. The summed E-state index contributed by atoms with van der Waals surface area (Å²) in [6.45, 7) is 0. The van der Waals surface area contributed by atoms with Crippen molar-refractivity contribution in [2.45, 2.75) is 5.41 Å². The minimum Gasteiger partial charge on any atom is -0.310 e. The molecule has 0 fully saturated rings. The normalized spacial score (nSPS) is 13.0. The highest BCUT2D eigenvalue weighted by molar-refractivity contribution is 6.26. The SMILES string of the molecule is c1ccc(-c2cc3c(cc2N(c2ccc(-c4ccc5c(ccc6ccccc65)c4)cc2)c2ccc4c5ccccc5c5ccccc5c4c2)C2(c4ccccc4-c4ccccc42)c2ccccc2-3)cc1. The van der Waals surface area contributed by atoms with E-state index in [0.717, 1.165) is 17.1 Å². The van der Waals surface area contributed by atoms with E-state index in [9.17, 15) is 0 Å². The molecule has 0 saturated carbocycles. The lowest BCUT2D eigenvalue weighted by molar-refractivity contribution is 0.794. The van der Waals surface area contributed by atoms with Crippen LogP contribution in [-0.2, 0) is 5.41 Å². The molecule has 0 aromatic heterocycles. The molecule has 70 heavy (non-hydrogen) atoms. The van der Waals surface area contributed by atoms with Gasteiger partial charge in [-0.2, -0.15) is 0 Å². The van der Waals surface area contributed by atoms with Crippen LogP contribution in [0.3, 0.4) is 0 Å². The van der Waals surface area contributed by atoms with E-state index in [0.29, 0.717) is 0 Å². The molecule has 0 atom stereocenters. The summed E-state index contributed by atoms with van der Waals surface area (Å²) < 4.78 is 0. The smallest absolute Gasteiger partial charge is 0.0726 e. The standard InChI is InChI=1S/C69H43N/c1-2-16-45(17-3-1)61-42-63-60-26-12-15-29-66(60)69(64-27-13-10-24-58(64)59-25-11-14-28-65(59)69)67(63)43-68(61)70(50-37-39-57-55-22-7-6-20-53(55)54-21-8-9-23-56(54)62(57)41-50)49-35-32-44(33-36-49)47-34-38-52-48(40-47)31-30-46-18-4-5-19-51(46)52/h1-43H. The highest BCUT2D eigenvalue weighted by Crippen LogP contribution is 2.64. The first-order valence-electron chi connectivity index (χ1n) is 24.4. The second kappa shape index (κ2) is 15.0. The van der Waals surface area contributed by atoms with Gasteiger partial charge in [-0.25, -0.2) is 0 Å². The molecule has 13 aromatic carbocycles. The van der Waals surface area contributed by atoms with Gasteiger partial charge in [0.05, 0.1) is 11.1 Å². The summed E-state index contributed by atoms with van der Waals surface area (Å²) in [4.78, 5) is 2.53. The Labute approximate surface area is 406 Å². The topological polar surface area (TPSA) is 3.24 Å². The van der Waals surface area contributed by atoms with Crippen molar-refractivity contribution in [3.63, 3.8) is 0 Å². The highest BCUT2D eigenvalue weighted by atomic mass is 15.1. The highest BCUT2D eigenvalue weighted by Gasteiger charge is 2.52. The summed E-state index contributed by atoms with van der Waals surface area (Å²) in [5.41, 5.74) is 18.1. The molecule has 1 nitrogen and oxygen atoms in total. The van der Waals surface area contributed by atoms with E-state index >= 15 is 0 Å². The maximum absolute atomic E-state index is 2.56. The zero-order chi connectivity index (χ0) is 45.9. The van der Waals surface area contributed by atoms with E-state index in [1.807, 2.05) is 0 Å². The summed E-state index contributed by atoms with van der Waals surface area (Å²) in [7, 11) is 0. The van der Waals surface area contributed by atoms with Gasteiger partial charge in [0.25, 0.3) is 0 Å². The molecule has 0 unspecified atom stereocenters. The maximum atomic E-state index is 2.56. The van der Waals surface area contributed by atoms with Gasteiger partial charge in [0.2, 0.25) is 0 Å². The third kappa shape index (κ3) is 5.49. The Morgan fingerprint density at radius 2 is 0.700 bits per heavy atom. The molecule has 2 aliphatic carbocycles. The van der Waals surface area contributed by atoms with Crippen molar-refractivity contribution in [2.24, 2.45) is 0 Å². The Bertz CT molecular complexity index is 4210. The number of anilines is 3.